The van der Waals surface area contributed by atoms with E-state index < -0.39 is 0 Å². The molecule has 37 heavy (non-hydrogen) atoms. The van der Waals surface area contributed by atoms with Crippen LogP contribution in [-0.2, 0) is 14.2 Å². The second-order valence-corrected chi connectivity index (χ2v) is 10.4. The highest BCUT2D eigenvalue weighted by atomic mass is 32.2. The summed E-state index contributed by atoms with van der Waals surface area (Å²) in [7, 11) is 3.24. The maximum absolute atomic E-state index is 10.1. The van der Waals surface area contributed by atoms with E-state index in [-0.39, 0.29) is 17.7 Å². The summed E-state index contributed by atoms with van der Waals surface area (Å²) in [6, 6.07) is 11.9. The van der Waals surface area contributed by atoms with E-state index in [4.69, 9.17) is 29.4 Å². The van der Waals surface area contributed by atoms with Gasteiger partial charge in [0.05, 0.1) is 42.8 Å². The maximum atomic E-state index is 10.1. The molecule has 0 bridgehead atoms. The van der Waals surface area contributed by atoms with Crippen LogP contribution in [0.15, 0.2) is 39.0 Å². The first-order chi connectivity index (χ1) is 18.0. The predicted octanol–water partition coefficient (Wildman–Crippen LogP) is 5.37. The number of ether oxygens (including phenoxy) is 5. The van der Waals surface area contributed by atoms with Crippen molar-refractivity contribution >= 4 is 29.2 Å². The number of para-hydroxylation sites is 1. The molecule has 200 valence electrons. The zero-order valence-electron chi connectivity index (χ0n) is 21.9. The number of hydrogen-bond donors (Lipinski definition) is 1. The number of nitrogens with zero attached hydrogens (tertiary/aromatic N) is 2. The third-order valence-corrected chi connectivity index (χ3v) is 7.42. The molecule has 0 atom stereocenters. The predicted molar refractivity (Wildman–Crippen MR) is 147 cm³/mol. The van der Waals surface area contributed by atoms with Crippen LogP contribution >= 0.6 is 23.5 Å². The first kappa shape index (κ1) is 30.6. The number of rotatable bonds is 17. The Morgan fingerprint density at radius 1 is 0.838 bits per heavy atom. The van der Waals surface area contributed by atoms with E-state index in [1.54, 1.807) is 14.2 Å². The second-order valence-electron chi connectivity index (χ2n) is 8.26. The molecule has 0 amide bonds. The van der Waals surface area contributed by atoms with Gasteiger partial charge in [-0.25, -0.2) is 0 Å². The van der Waals surface area contributed by atoms with Gasteiger partial charge in [0.25, 0.3) is 0 Å². The number of anilines is 1. The quantitative estimate of drug-likeness (QED) is 0.158. The minimum Gasteiger partial charge on any atom is -0.491 e. The molecule has 0 radical (unpaired) electrons. The van der Waals surface area contributed by atoms with Gasteiger partial charge in [0.15, 0.2) is 11.5 Å². The van der Waals surface area contributed by atoms with E-state index in [0.717, 1.165) is 16.2 Å². The van der Waals surface area contributed by atoms with Crippen molar-refractivity contribution in [2.45, 2.75) is 35.0 Å². The van der Waals surface area contributed by atoms with Crippen molar-refractivity contribution in [1.82, 2.24) is 0 Å². The average molecular weight is 546 g/mol. The Hall–Kier alpha value is -2.60. The van der Waals surface area contributed by atoms with Crippen molar-refractivity contribution < 1.29 is 23.7 Å². The fourth-order valence-corrected chi connectivity index (χ4v) is 5.39. The molecule has 0 heterocycles. The third-order valence-electron chi connectivity index (χ3n) is 5.06. The van der Waals surface area contributed by atoms with E-state index in [9.17, 15) is 10.5 Å². The SMILES string of the molecule is COCCOCCOc1c(C#N)c(C#N)c(OCCC(C)C)c(SCCOC)c1Sc1ccccc1N. The molecule has 0 aliphatic carbocycles. The fourth-order valence-electron chi connectivity index (χ4n) is 3.13. The van der Waals surface area contributed by atoms with Gasteiger partial charge in [0, 0.05) is 30.6 Å². The molecule has 0 fully saturated rings. The van der Waals surface area contributed by atoms with Crippen LogP contribution in [0.3, 0.4) is 0 Å². The normalized spacial score (nSPS) is 10.8. The fraction of sp³-hybridized carbons (Fsp3) is 0.481. The van der Waals surface area contributed by atoms with Crippen LogP contribution in [0.5, 0.6) is 11.5 Å². The van der Waals surface area contributed by atoms with Crippen LogP contribution in [0, 0.1) is 28.6 Å². The molecule has 0 aliphatic rings. The number of nitriles is 2. The minimum absolute atomic E-state index is 0.132. The van der Waals surface area contributed by atoms with Gasteiger partial charge in [0.2, 0.25) is 0 Å². The summed E-state index contributed by atoms with van der Waals surface area (Å²) in [5.74, 6) is 1.75. The Morgan fingerprint density at radius 3 is 2.08 bits per heavy atom. The lowest BCUT2D eigenvalue weighted by Crippen LogP contribution is -2.13. The average Bonchev–Trinajstić information content (AvgIpc) is 2.88. The molecule has 0 aromatic heterocycles. The monoisotopic (exact) mass is 545 g/mol. The summed E-state index contributed by atoms with van der Waals surface area (Å²) in [6.07, 6.45) is 0.806. The molecular weight excluding hydrogens is 510 g/mol. The Balaban J connectivity index is 2.64. The maximum Gasteiger partial charge on any atom is 0.153 e. The van der Waals surface area contributed by atoms with Crippen molar-refractivity contribution in [2.75, 3.05) is 65.3 Å². The highest BCUT2D eigenvalue weighted by molar-refractivity contribution is 8.02. The van der Waals surface area contributed by atoms with Gasteiger partial charge in [-0.15, -0.1) is 11.8 Å². The van der Waals surface area contributed by atoms with E-state index in [2.05, 4.69) is 26.0 Å². The third kappa shape index (κ3) is 9.33. The Bertz CT molecular complexity index is 1080. The zero-order valence-corrected chi connectivity index (χ0v) is 23.5. The van der Waals surface area contributed by atoms with Crippen LogP contribution in [0.4, 0.5) is 5.69 Å². The summed E-state index contributed by atoms with van der Waals surface area (Å²) in [5.41, 5.74) is 7.15. The van der Waals surface area contributed by atoms with Gasteiger partial charge in [-0.3, -0.25) is 0 Å². The molecule has 10 heteroatoms. The van der Waals surface area contributed by atoms with Crippen LogP contribution < -0.4 is 15.2 Å². The summed E-state index contributed by atoms with van der Waals surface area (Å²) >= 11 is 2.88. The van der Waals surface area contributed by atoms with Crippen molar-refractivity contribution in [3.8, 4) is 23.6 Å². The minimum atomic E-state index is 0.132. The highest BCUT2D eigenvalue weighted by Gasteiger charge is 2.28. The molecule has 0 unspecified atom stereocenters. The Morgan fingerprint density at radius 2 is 1.46 bits per heavy atom. The van der Waals surface area contributed by atoms with Crippen molar-refractivity contribution in [3.05, 3.63) is 35.4 Å². The highest BCUT2D eigenvalue weighted by Crippen LogP contribution is 2.51. The van der Waals surface area contributed by atoms with Gasteiger partial charge in [-0.2, -0.15) is 10.5 Å². The smallest absolute Gasteiger partial charge is 0.153 e. The lowest BCUT2D eigenvalue weighted by Gasteiger charge is -2.22. The summed E-state index contributed by atoms with van der Waals surface area (Å²) in [5, 5.41) is 20.3. The molecule has 0 saturated carbocycles. The van der Waals surface area contributed by atoms with E-state index in [0.29, 0.717) is 66.8 Å². The number of methoxy groups -OCH3 is 2. The number of hydrogen-bond acceptors (Lipinski definition) is 10. The van der Waals surface area contributed by atoms with Gasteiger partial charge in [-0.05, 0) is 24.5 Å². The molecule has 2 rings (SSSR count). The van der Waals surface area contributed by atoms with Gasteiger partial charge >= 0.3 is 0 Å². The number of nitrogen functional groups attached to an aromatic ring is 1. The number of benzene rings is 2. The first-order valence-electron chi connectivity index (χ1n) is 12.0. The molecule has 2 N–H and O–H groups in total. The molecule has 2 aromatic rings. The van der Waals surface area contributed by atoms with E-state index in [1.807, 2.05) is 24.3 Å². The molecule has 0 spiro atoms. The summed E-state index contributed by atoms with van der Waals surface area (Å²) in [6.45, 7) is 6.52. The van der Waals surface area contributed by atoms with Crippen molar-refractivity contribution in [3.63, 3.8) is 0 Å². The Labute approximate surface area is 228 Å². The topological polar surface area (TPSA) is 120 Å². The van der Waals surface area contributed by atoms with E-state index in [1.165, 1.54) is 23.5 Å². The van der Waals surface area contributed by atoms with Crippen molar-refractivity contribution in [1.29, 1.82) is 10.5 Å². The first-order valence-corrected chi connectivity index (χ1v) is 13.8. The molecule has 8 nitrogen and oxygen atoms in total. The summed E-state index contributed by atoms with van der Waals surface area (Å²) in [4.78, 5) is 2.20. The number of nitrogens with two attached hydrogens (primary N) is 1. The van der Waals surface area contributed by atoms with Gasteiger partial charge < -0.3 is 29.4 Å². The molecule has 0 aliphatic heterocycles. The van der Waals surface area contributed by atoms with Gasteiger partial charge in [0.1, 0.15) is 29.9 Å². The van der Waals surface area contributed by atoms with Crippen LogP contribution in [0.25, 0.3) is 0 Å². The van der Waals surface area contributed by atoms with Crippen molar-refractivity contribution in [2.24, 2.45) is 5.92 Å². The standard InChI is InChI=1S/C27H35N3O5S2/c1-19(2)9-10-34-24-20(17-28)21(18-29)25(35-14-13-33-12-11-31-3)27(26(24)36-16-15-32-4)37-23-8-6-5-7-22(23)30/h5-8,19H,9-16,30H2,1-4H3. The van der Waals surface area contributed by atoms with Gasteiger partial charge in [-0.1, -0.05) is 37.7 Å². The summed E-state index contributed by atoms with van der Waals surface area (Å²) < 4.78 is 28.2. The lowest BCUT2D eigenvalue weighted by atomic mass is 10.1. The van der Waals surface area contributed by atoms with Crippen LogP contribution in [-0.4, -0.2) is 59.6 Å². The second kappa shape index (κ2) is 17.0. The Kier molecular flexibility index (Phi) is 14.1. The largest absolute Gasteiger partial charge is 0.491 e. The lowest BCUT2D eigenvalue weighted by molar-refractivity contribution is 0.0538. The molecule has 2 aromatic carbocycles. The van der Waals surface area contributed by atoms with E-state index >= 15 is 0 Å². The van der Waals surface area contributed by atoms with Crippen LogP contribution in [0.1, 0.15) is 31.4 Å². The molecular formula is C27H35N3O5S2. The zero-order chi connectivity index (χ0) is 27.0. The number of thioether (sulfide) groups is 1. The molecule has 0 saturated heterocycles. The van der Waals surface area contributed by atoms with Crippen LogP contribution in [0.2, 0.25) is 0 Å².